The molecule has 0 fully saturated rings. The van der Waals surface area contributed by atoms with E-state index in [1.165, 1.54) is 33.7 Å². The maximum atomic E-state index is 11.1. The Morgan fingerprint density at radius 1 is 0.287 bits per heavy atom. The lowest BCUT2D eigenvalue weighted by Crippen LogP contribution is -2.25. The molecule has 6 unspecified atom stereocenters. The van der Waals surface area contributed by atoms with Crippen molar-refractivity contribution in [3.8, 4) is 0 Å². The van der Waals surface area contributed by atoms with Crippen LogP contribution in [0.2, 0.25) is 0 Å². The number of hydrogen-bond acceptors (Lipinski definition) is 36. The van der Waals surface area contributed by atoms with E-state index in [9.17, 15) is 57.5 Å². The second-order valence-corrected chi connectivity index (χ2v) is 37.9. The summed E-state index contributed by atoms with van der Waals surface area (Å²) in [6, 6.07) is 0. The second kappa shape index (κ2) is 78.4. The van der Waals surface area contributed by atoms with Crippen molar-refractivity contribution in [1.82, 2.24) is 0 Å². The molecule has 0 rings (SSSR count). The van der Waals surface area contributed by atoms with Gasteiger partial charge in [0.2, 0.25) is 0 Å². The average Bonchev–Trinajstić information content (AvgIpc) is 0.892. The van der Waals surface area contributed by atoms with Crippen LogP contribution in [0.25, 0.3) is 0 Å². The predicted octanol–water partition coefficient (Wildman–Crippen LogP) is 16.3. The molecule has 0 aliphatic rings. The molecule has 0 spiro atoms. The smallest absolute Gasteiger partial charge is 0.331 e. The first-order chi connectivity index (χ1) is 51.0. The highest BCUT2D eigenvalue weighted by Crippen LogP contribution is 2.46. The van der Waals surface area contributed by atoms with Gasteiger partial charge in [-0.3, -0.25) is 0 Å². The van der Waals surface area contributed by atoms with Gasteiger partial charge in [-0.25, -0.2) is 57.5 Å². The molecule has 0 aliphatic carbocycles. The van der Waals surface area contributed by atoms with Gasteiger partial charge in [0.1, 0.15) is 49.5 Å². The summed E-state index contributed by atoms with van der Waals surface area (Å²) in [5.74, 6) is -0.0126. The van der Waals surface area contributed by atoms with Crippen LogP contribution in [0.4, 0.5) is 0 Å². The molecular formula is C72H108O24S12. The Hall–Kier alpha value is -5.28. The Balaban J connectivity index is -0.000000290. The quantitative estimate of drug-likeness (QED) is 0.0136. The number of ether oxygens (including phenoxy) is 12. The van der Waals surface area contributed by atoms with Crippen molar-refractivity contribution in [2.75, 3.05) is 86.0 Å². The molecule has 612 valence electrons. The summed E-state index contributed by atoms with van der Waals surface area (Å²) in [6.45, 7) is 61.8. The van der Waals surface area contributed by atoms with E-state index in [2.05, 4.69) is 116 Å². The summed E-state index contributed by atoms with van der Waals surface area (Å²) >= 11 is 0. The molecule has 0 bridgehead atoms. The highest BCUT2D eigenvalue weighted by atomic mass is 33.1. The van der Waals surface area contributed by atoms with Gasteiger partial charge in [-0.15, -0.1) is 0 Å². The molecule has 108 heavy (non-hydrogen) atoms. The van der Waals surface area contributed by atoms with Crippen molar-refractivity contribution in [2.45, 2.75) is 139 Å². The van der Waals surface area contributed by atoms with E-state index >= 15 is 0 Å². The third-order valence-electron chi connectivity index (χ3n) is 10.8. The van der Waals surface area contributed by atoms with E-state index in [1.807, 2.05) is 41.5 Å². The molecule has 0 aromatic carbocycles. The van der Waals surface area contributed by atoms with E-state index in [0.29, 0.717) is 62.7 Å². The van der Waals surface area contributed by atoms with E-state index < -0.39 is 59.7 Å². The van der Waals surface area contributed by atoms with Crippen LogP contribution in [0, 0.1) is 0 Å². The van der Waals surface area contributed by atoms with Crippen LogP contribution in [-0.4, -0.2) is 202 Å². The first kappa shape index (κ1) is 114. The fraction of sp³-hybridized carbons (Fsp3) is 0.500. The highest BCUT2D eigenvalue weighted by Gasteiger charge is 2.27. The Bertz CT molecular complexity index is 2570. The molecule has 0 radical (unpaired) electrons. The third kappa shape index (κ3) is 84.7. The summed E-state index contributed by atoms with van der Waals surface area (Å²) in [5, 5.41) is 0.238. The van der Waals surface area contributed by atoms with Crippen LogP contribution in [0.15, 0.2) is 152 Å². The molecular weight excluding hydrogens is 1630 g/mol. The monoisotopic (exact) mass is 1740 g/mol. The van der Waals surface area contributed by atoms with Gasteiger partial charge >= 0.3 is 71.6 Å². The number of rotatable bonds is 56. The van der Waals surface area contributed by atoms with Crippen molar-refractivity contribution in [3.05, 3.63) is 152 Å². The number of carbonyl (C=O) groups excluding carboxylic acids is 12. The van der Waals surface area contributed by atoms with Crippen molar-refractivity contribution in [2.24, 2.45) is 0 Å². The van der Waals surface area contributed by atoms with Crippen molar-refractivity contribution >= 4 is 201 Å². The zero-order valence-corrected chi connectivity index (χ0v) is 73.1. The predicted molar refractivity (Wildman–Crippen MR) is 458 cm³/mol. The second-order valence-electron chi connectivity index (χ2n) is 21.0. The number of esters is 12. The van der Waals surface area contributed by atoms with Gasteiger partial charge in [-0.2, -0.15) is 0 Å². The Labute approximate surface area is 687 Å². The summed E-state index contributed by atoms with van der Waals surface area (Å²) < 4.78 is 58.8. The SMILES string of the molecule is C=CC(=O)OC(C)C(C)SSC(C)C(C)OC(=O)C=C.C=CC(=O)OC(C)CSSCC(C)OC(=O)C=C.C=CC(=O)OCCC(C)(C)SSC(C)(C)CCOC(=O)C=C.C=CC(=O)OCCCSSCCCOC(=O)C=C.C=CC(=O)OCCSSCCOC(=O)C=C.C=CC(=O)OCSSCOC(=O)C=C. The first-order valence-electron chi connectivity index (χ1n) is 32.4. The molecule has 6 atom stereocenters. The number of hydrogen-bond donors (Lipinski definition) is 0. The van der Waals surface area contributed by atoms with Gasteiger partial charge in [0.15, 0.2) is 0 Å². The van der Waals surface area contributed by atoms with Crippen molar-refractivity contribution in [3.63, 3.8) is 0 Å². The highest BCUT2D eigenvalue weighted by molar-refractivity contribution is 8.78. The summed E-state index contributed by atoms with van der Waals surface area (Å²) in [4.78, 5) is 130. The molecule has 0 aromatic rings. The molecule has 0 amide bonds. The standard InChI is InChI=1S/C16H26O4S2.C14H22O4S2.2C12H18O4S2.C10H14O4S2.C8H10O4S2/c1-7-13(17)19-11-9-15(3,4)21-22-16(5,6)10-12-20-14(18)8-2;1-7-13(15)17-9(3)11(5)19-20-12(6)10(4)18-14(16)8-2;1-5-11(13)15-9(3)7-17-18-8-10(4)16-12(14)6-2;1-3-11(13)15-7-5-9-17-18-10-6-8-16-12(14)4-2;1-3-9(11)13-5-7-15-16-8-6-14-10(12)4-2;1-3-7(9)11-5-13-14-6-12-8(10)4-2/h7-8H,1-2,9-12H2,3-6H3;7-12H,1-2H2,3-6H3;5-6,9-10H,1-2,7-8H2,3-4H3;3-4H,1-2,5-10H2;3-4H,1-2,5-8H2;3-4H,1-2,5-6H2. The molecule has 36 heteroatoms. The molecule has 0 heterocycles. The zero-order valence-electron chi connectivity index (χ0n) is 63.3. The van der Waals surface area contributed by atoms with Gasteiger partial charge in [0, 0.05) is 127 Å². The average molecular weight is 1740 g/mol. The minimum atomic E-state index is -0.471. The van der Waals surface area contributed by atoms with E-state index in [4.69, 9.17) is 47.4 Å². The first-order valence-corrected chi connectivity index (χ1v) is 46.7. The maximum Gasteiger partial charge on any atom is 0.331 e. The van der Waals surface area contributed by atoms with Gasteiger partial charge in [0.05, 0.1) is 26.4 Å². The third-order valence-corrected chi connectivity index (χ3v) is 28.1. The van der Waals surface area contributed by atoms with Crippen molar-refractivity contribution in [1.29, 1.82) is 0 Å². The minimum absolute atomic E-state index is 0.0266. The van der Waals surface area contributed by atoms with Crippen LogP contribution < -0.4 is 0 Å². The van der Waals surface area contributed by atoms with Gasteiger partial charge in [-0.1, -0.05) is 187 Å². The van der Waals surface area contributed by atoms with Crippen LogP contribution in [0.3, 0.4) is 0 Å². The lowest BCUT2D eigenvalue weighted by Gasteiger charge is -2.29. The Morgan fingerprint density at radius 2 is 0.519 bits per heavy atom. The molecule has 0 saturated carbocycles. The maximum absolute atomic E-state index is 11.1. The van der Waals surface area contributed by atoms with E-state index in [1.54, 1.807) is 108 Å². The fourth-order valence-corrected chi connectivity index (χ4v) is 17.6. The summed E-state index contributed by atoms with van der Waals surface area (Å²) in [7, 11) is 18.9. The zero-order chi connectivity index (χ0) is 83.6. The van der Waals surface area contributed by atoms with Crippen LogP contribution in [0.5, 0.6) is 0 Å². The summed E-state index contributed by atoms with van der Waals surface area (Å²) in [6.07, 6.45) is 16.1. The van der Waals surface area contributed by atoms with E-state index in [-0.39, 0.29) is 68.2 Å². The molecule has 0 aliphatic heterocycles. The molecule has 0 N–H and O–H groups in total. The largest absolute Gasteiger partial charge is 0.463 e. The minimum Gasteiger partial charge on any atom is -0.463 e. The lowest BCUT2D eigenvalue weighted by atomic mass is 10.1. The van der Waals surface area contributed by atoms with E-state index in [0.717, 1.165) is 97.9 Å². The van der Waals surface area contributed by atoms with Crippen LogP contribution in [-0.2, 0) is 114 Å². The number of carbonyl (C=O) groups is 12. The van der Waals surface area contributed by atoms with Gasteiger partial charge in [0.25, 0.3) is 0 Å². The normalized spacial score (nSPS) is 11.7. The van der Waals surface area contributed by atoms with Gasteiger partial charge in [-0.05, 0) is 117 Å². The van der Waals surface area contributed by atoms with Crippen LogP contribution >= 0.6 is 130 Å². The van der Waals surface area contributed by atoms with Crippen molar-refractivity contribution < 1.29 is 114 Å². The molecule has 0 aromatic heterocycles. The van der Waals surface area contributed by atoms with Crippen LogP contribution in [0.1, 0.15) is 94.9 Å². The lowest BCUT2D eigenvalue weighted by molar-refractivity contribution is -0.142. The molecule has 0 saturated heterocycles. The fourth-order valence-electron chi connectivity index (χ4n) is 4.81. The Morgan fingerprint density at radius 3 is 0.787 bits per heavy atom. The topological polar surface area (TPSA) is 316 Å². The summed E-state index contributed by atoms with van der Waals surface area (Å²) in [5.41, 5.74) is 0. The molecule has 24 nitrogen and oxygen atoms in total. The Kier molecular flexibility index (Phi) is 82.5. The van der Waals surface area contributed by atoms with Gasteiger partial charge < -0.3 is 56.8 Å².